The molecular formula is C17H20N4S. The molecule has 1 saturated heterocycles. The summed E-state index contributed by atoms with van der Waals surface area (Å²) in [5.41, 5.74) is 5.11. The summed E-state index contributed by atoms with van der Waals surface area (Å²) in [4.78, 5) is 9.38. The lowest BCUT2D eigenvalue weighted by atomic mass is 10.1. The highest BCUT2D eigenvalue weighted by Gasteiger charge is 2.15. The highest BCUT2D eigenvalue weighted by Crippen LogP contribution is 2.12. The number of rotatable bonds is 4. The fourth-order valence-electron chi connectivity index (χ4n) is 2.83. The summed E-state index contributed by atoms with van der Waals surface area (Å²) in [6.45, 7) is 6.39. The van der Waals surface area contributed by atoms with Gasteiger partial charge in [0.25, 0.3) is 0 Å². The topological polar surface area (TPSA) is 43.2 Å². The molecule has 2 heterocycles. The second-order valence-corrected chi connectivity index (χ2v) is 6.41. The number of thiazole rings is 1. The average Bonchev–Trinajstić information content (AvgIpc) is 2.96. The zero-order chi connectivity index (χ0) is 15.2. The minimum Gasteiger partial charge on any atom is -0.298 e. The van der Waals surface area contributed by atoms with Crippen molar-refractivity contribution in [2.75, 3.05) is 26.2 Å². The third-order valence-corrected chi connectivity index (χ3v) is 4.67. The molecule has 4 nitrogen and oxygen atoms in total. The van der Waals surface area contributed by atoms with Gasteiger partial charge in [-0.05, 0) is 37.2 Å². The van der Waals surface area contributed by atoms with E-state index in [4.69, 9.17) is 5.26 Å². The Morgan fingerprint density at radius 3 is 2.41 bits per heavy atom. The molecule has 0 bridgehead atoms. The van der Waals surface area contributed by atoms with E-state index in [2.05, 4.69) is 38.4 Å². The highest BCUT2D eigenvalue weighted by atomic mass is 32.1. The van der Waals surface area contributed by atoms with E-state index < -0.39 is 0 Å². The molecule has 114 valence electrons. The standard InChI is InChI=1S/C17H20N4S/c18-10-15-2-4-16(5-3-15)11-20-6-1-7-21(9-8-20)12-17-13-22-14-19-17/h2-5,13-14H,1,6-9,11-12H2. The van der Waals surface area contributed by atoms with Gasteiger partial charge in [-0.2, -0.15) is 5.26 Å². The monoisotopic (exact) mass is 312 g/mol. The van der Waals surface area contributed by atoms with Gasteiger partial charge in [0, 0.05) is 31.6 Å². The fraction of sp³-hybridized carbons (Fsp3) is 0.412. The third kappa shape index (κ3) is 4.14. The maximum absolute atomic E-state index is 8.85. The molecule has 0 atom stereocenters. The molecule has 0 amide bonds. The van der Waals surface area contributed by atoms with Crippen molar-refractivity contribution in [1.29, 1.82) is 5.26 Å². The smallest absolute Gasteiger partial charge is 0.0991 e. The highest BCUT2D eigenvalue weighted by molar-refractivity contribution is 7.07. The van der Waals surface area contributed by atoms with Crippen molar-refractivity contribution >= 4 is 11.3 Å². The number of aromatic nitrogens is 1. The molecule has 0 saturated carbocycles. The number of hydrogen-bond acceptors (Lipinski definition) is 5. The Labute approximate surface area is 135 Å². The fourth-order valence-corrected chi connectivity index (χ4v) is 3.38. The Hall–Kier alpha value is -1.74. The molecule has 1 aromatic heterocycles. The van der Waals surface area contributed by atoms with Crippen LogP contribution in [-0.4, -0.2) is 41.0 Å². The molecule has 1 aliphatic rings. The summed E-state index contributed by atoms with van der Waals surface area (Å²) in [5.74, 6) is 0. The van der Waals surface area contributed by atoms with Gasteiger partial charge in [-0.25, -0.2) is 4.98 Å². The van der Waals surface area contributed by atoms with Crippen LogP contribution in [0.5, 0.6) is 0 Å². The van der Waals surface area contributed by atoms with Crippen molar-refractivity contribution in [2.24, 2.45) is 0 Å². The Morgan fingerprint density at radius 1 is 1.05 bits per heavy atom. The zero-order valence-corrected chi connectivity index (χ0v) is 13.4. The third-order valence-electron chi connectivity index (χ3n) is 4.04. The van der Waals surface area contributed by atoms with Gasteiger partial charge in [0.15, 0.2) is 0 Å². The van der Waals surface area contributed by atoms with E-state index in [1.807, 2.05) is 17.6 Å². The lowest BCUT2D eigenvalue weighted by Gasteiger charge is -2.21. The molecule has 0 unspecified atom stereocenters. The van der Waals surface area contributed by atoms with Crippen LogP contribution in [-0.2, 0) is 13.1 Å². The van der Waals surface area contributed by atoms with Crippen molar-refractivity contribution in [3.63, 3.8) is 0 Å². The van der Waals surface area contributed by atoms with Crippen LogP contribution in [0.2, 0.25) is 0 Å². The number of hydrogen-bond donors (Lipinski definition) is 0. The van der Waals surface area contributed by atoms with Crippen LogP contribution in [0.4, 0.5) is 0 Å². The lowest BCUT2D eigenvalue weighted by Crippen LogP contribution is -2.30. The molecule has 5 heteroatoms. The van der Waals surface area contributed by atoms with E-state index in [-0.39, 0.29) is 0 Å². The molecular weight excluding hydrogens is 292 g/mol. The Morgan fingerprint density at radius 2 is 1.77 bits per heavy atom. The predicted molar refractivity (Wildman–Crippen MR) is 88.4 cm³/mol. The van der Waals surface area contributed by atoms with E-state index >= 15 is 0 Å². The largest absolute Gasteiger partial charge is 0.298 e. The molecule has 0 aliphatic carbocycles. The predicted octanol–water partition coefficient (Wildman–Crippen LogP) is 2.72. The summed E-state index contributed by atoms with van der Waals surface area (Å²) in [6, 6.07) is 10.1. The molecule has 1 fully saturated rings. The van der Waals surface area contributed by atoms with Crippen molar-refractivity contribution in [2.45, 2.75) is 19.5 Å². The summed E-state index contributed by atoms with van der Waals surface area (Å²) in [6.07, 6.45) is 1.19. The summed E-state index contributed by atoms with van der Waals surface area (Å²) in [5, 5.41) is 11.0. The van der Waals surface area contributed by atoms with E-state index in [9.17, 15) is 0 Å². The first-order valence-electron chi connectivity index (χ1n) is 7.64. The SMILES string of the molecule is N#Cc1ccc(CN2CCCN(Cc3cscn3)CC2)cc1. The van der Waals surface area contributed by atoms with Crippen LogP contribution in [0.15, 0.2) is 35.2 Å². The van der Waals surface area contributed by atoms with E-state index in [1.54, 1.807) is 11.3 Å². The van der Waals surface area contributed by atoms with Gasteiger partial charge in [0.2, 0.25) is 0 Å². The maximum atomic E-state index is 8.85. The Kier molecular flexibility index (Phi) is 5.17. The molecule has 1 aromatic carbocycles. The van der Waals surface area contributed by atoms with Gasteiger partial charge >= 0.3 is 0 Å². The molecule has 0 N–H and O–H groups in total. The van der Waals surface area contributed by atoms with Gasteiger partial charge < -0.3 is 0 Å². The minimum absolute atomic E-state index is 0.731. The lowest BCUT2D eigenvalue weighted by molar-refractivity contribution is 0.246. The minimum atomic E-state index is 0.731. The van der Waals surface area contributed by atoms with Crippen molar-refractivity contribution in [1.82, 2.24) is 14.8 Å². The second-order valence-electron chi connectivity index (χ2n) is 5.69. The summed E-state index contributed by atoms with van der Waals surface area (Å²) >= 11 is 1.67. The van der Waals surface area contributed by atoms with Crippen LogP contribution >= 0.6 is 11.3 Å². The van der Waals surface area contributed by atoms with Gasteiger partial charge in [-0.1, -0.05) is 12.1 Å². The quantitative estimate of drug-likeness (QED) is 0.870. The van der Waals surface area contributed by atoms with Gasteiger partial charge in [0.05, 0.1) is 22.8 Å². The zero-order valence-electron chi connectivity index (χ0n) is 12.6. The molecule has 22 heavy (non-hydrogen) atoms. The van der Waals surface area contributed by atoms with Crippen LogP contribution in [0.25, 0.3) is 0 Å². The Bertz CT molecular complexity index is 615. The van der Waals surface area contributed by atoms with Crippen LogP contribution < -0.4 is 0 Å². The number of nitriles is 1. The van der Waals surface area contributed by atoms with Crippen LogP contribution in [0.1, 0.15) is 23.2 Å². The molecule has 0 spiro atoms. The number of nitrogens with zero attached hydrogens (tertiary/aromatic N) is 4. The first-order valence-corrected chi connectivity index (χ1v) is 8.58. The maximum Gasteiger partial charge on any atom is 0.0991 e. The van der Waals surface area contributed by atoms with Crippen molar-refractivity contribution < 1.29 is 0 Å². The van der Waals surface area contributed by atoms with Gasteiger partial charge in [-0.3, -0.25) is 9.80 Å². The van der Waals surface area contributed by atoms with Crippen LogP contribution in [0, 0.1) is 11.3 Å². The average molecular weight is 312 g/mol. The Balaban J connectivity index is 1.52. The van der Waals surface area contributed by atoms with E-state index in [0.29, 0.717) is 0 Å². The first kappa shape index (κ1) is 15.2. The summed E-state index contributed by atoms with van der Waals surface area (Å²) < 4.78 is 0. The normalized spacial score (nSPS) is 17.0. The van der Waals surface area contributed by atoms with Crippen molar-refractivity contribution in [3.05, 3.63) is 52.0 Å². The second kappa shape index (κ2) is 7.50. The summed E-state index contributed by atoms with van der Waals surface area (Å²) in [7, 11) is 0. The van der Waals surface area contributed by atoms with Gasteiger partial charge in [-0.15, -0.1) is 11.3 Å². The number of benzene rings is 1. The van der Waals surface area contributed by atoms with E-state index in [1.165, 1.54) is 17.7 Å². The van der Waals surface area contributed by atoms with Crippen LogP contribution in [0.3, 0.4) is 0 Å². The van der Waals surface area contributed by atoms with Gasteiger partial charge in [0.1, 0.15) is 0 Å². The molecule has 2 aromatic rings. The van der Waals surface area contributed by atoms with Crippen molar-refractivity contribution in [3.8, 4) is 6.07 Å². The molecule has 1 aliphatic heterocycles. The molecule has 0 radical (unpaired) electrons. The first-order chi connectivity index (χ1) is 10.8. The molecule has 3 rings (SSSR count). The van der Waals surface area contributed by atoms with E-state index in [0.717, 1.165) is 44.8 Å².